The molecule has 0 amide bonds. The van der Waals surface area contributed by atoms with Gasteiger partial charge in [0, 0.05) is 24.8 Å². The average molecular weight is 313 g/mol. The second-order valence-electron chi connectivity index (χ2n) is 4.67. The van der Waals surface area contributed by atoms with Gasteiger partial charge in [0.25, 0.3) is 0 Å². The van der Waals surface area contributed by atoms with E-state index in [4.69, 9.17) is 26.9 Å². The van der Waals surface area contributed by atoms with Crippen LogP contribution in [0, 0.1) is 0 Å². The number of hydrogen-bond donors (Lipinski definition) is 1. The summed E-state index contributed by atoms with van der Waals surface area (Å²) in [6.45, 7) is 4.52. The topological polar surface area (TPSA) is 56.8 Å². The summed E-state index contributed by atoms with van der Waals surface area (Å²) < 4.78 is 5.33. The second-order valence-corrected chi connectivity index (χ2v) is 5.11. The summed E-state index contributed by atoms with van der Waals surface area (Å²) >= 11 is 5.92. The van der Waals surface area contributed by atoms with E-state index in [-0.39, 0.29) is 0 Å². The zero-order chi connectivity index (χ0) is 15.3. The quantitative estimate of drug-likeness (QED) is 0.386. The summed E-state index contributed by atoms with van der Waals surface area (Å²) in [5, 5.41) is 4.93. The minimum absolute atomic E-state index is 0.432. The molecule has 0 unspecified atom stereocenters. The van der Waals surface area contributed by atoms with Gasteiger partial charge in [-0.05, 0) is 43.9 Å². The molecule has 0 radical (unpaired) electrons. The number of oxime groups is 1. The molecule has 0 bridgehead atoms. The van der Waals surface area contributed by atoms with Gasteiger partial charge < -0.3 is 15.3 Å². The van der Waals surface area contributed by atoms with Gasteiger partial charge in [0.05, 0.1) is 5.71 Å². The molecule has 4 nitrogen and oxygen atoms in total. The van der Waals surface area contributed by atoms with E-state index in [9.17, 15) is 0 Å². The van der Waals surface area contributed by atoms with Crippen molar-refractivity contribution in [1.82, 2.24) is 0 Å². The lowest BCUT2D eigenvalue weighted by atomic mass is 10.0. The van der Waals surface area contributed by atoms with Gasteiger partial charge in [0.2, 0.25) is 0 Å². The summed E-state index contributed by atoms with van der Waals surface area (Å²) in [5.74, 6) is 0. The van der Waals surface area contributed by atoms with Crippen LogP contribution in [-0.2, 0) is 9.57 Å². The second kappa shape index (κ2) is 11.5. The summed E-state index contributed by atoms with van der Waals surface area (Å²) in [6, 6.07) is 7.66. The molecule has 0 aliphatic carbocycles. The zero-order valence-electron chi connectivity index (χ0n) is 12.7. The molecule has 2 N–H and O–H groups in total. The summed E-state index contributed by atoms with van der Waals surface area (Å²) in [7, 11) is 0. The maximum Gasteiger partial charge on any atom is 0.129 e. The van der Waals surface area contributed by atoms with Crippen molar-refractivity contribution in [3.8, 4) is 0 Å². The first-order valence-corrected chi connectivity index (χ1v) is 7.88. The highest BCUT2D eigenvalue weighted by Crippen LogP contribution is 2.14. The third-order valence-electron chi connectivity index (χ3n) is 2.97. The number of hydrogen-bond acceptors (Lipinski definition) is 4. The summed E-state index contributed by atoms with van der Waals surface area (Å²) in [6.07, 6.45) is 4.12. The first kappa shape index (κ1) is 18.0. The molecule has 0 heterocycles. The van der Waals surface area contributed by atoms with Crippen molar-refractivity contribution < 1.29 is 9.57 Å². The van der Waals surface area contributed by atoms with E-state index in [1.54, 1.807) is 0 Å². The van der Waals surface area contributed by atoms with Gasteiger partial charge in [-0.25, -0.2) is 0 Å². The van der Waals surface area contributed by atoms with E-state index in [2.05, 4.69) is 5.16 Å². The molecule has 1 rings (SSSR count). The number of rotatable bonds is 11. The van der Waals surface area contributed by atoms with E-state index in [0.29, 0.717) is 13.2 Å². The Morgan fingerprint density at radius 3 is 2.57 bits per heavy atom. The fourth-order valence-electron chi connectivity index (χ4n) is 1.88. The molecule has 0 atom stereocenters. The number of nitrogens with two attached hydrogens (primary N) is 1. The van der Waals surface area contributed by atoms with Crippen LogP contribution in [0.3, 0.4) is 0 Å². The van der Waals surface area contributed by atoms with Gasteiger partial charge in [-0.3, -0.25) is 0 Å². The SMILES string of the molecule is CCOCCCCCC(=NOCCN)c1ccc(Cl)cc1. The molecule has 1 aromatic carbocycles. The van der Waals surface area contributed by atoms with E-state index < -0.39 is 0 Å². The highest BCUT2D eigenvalue weighted by Gasteiger charge is 2.05. The standard InChI is InChI=1S/C16H25ClN2O2/c1-2-20-12-5-3-4-6-16(19-21-13-11-18)14-7-9-15(17)10-8-14/h7-10H,2-6,11-13,18H2,1H3. The molecule has 0 saturated carbocycles. The highest BCUT2D eigenvalue weighted by atomic mass is 35.5. The van der Waals surface area contributed by atoms with Gasteiger partial charge in [-0.1, -0.05) is 35.3 Å². The molecule has 0 aromatic heterocycles. The first-order chi connectivity index (χ1) is 10.3. The average Bonchev–Trinajstić information content (AvgIpc) is 2.50. The molecule has 0 aliphatic rings. The van der Waals surface area contributed by atoms with Gasteiger partial charge in [-0.2, -0.15) is 0 Å². The smallest absolute Gasteiger partial charge is 0.129 e. The molecule has 0 spiro atoms. The lowest BCUT2D eigenvalue weighted by Gasteiger charge is -2.07. The molecule has 0 aliphatic heterocycles. The fraction of sp³-hybridized carbons (Fsp3) is 0.562. The van der Waals surface area contributed by atoms with Crippen LogP contribution in [0.2, 0.25) is 5.02 Å². The lowest BCUT2D eigenvalue weighted by Crippen LogP contribution is -2.08. The van der Waals surface area contributed by atoms with Crippen LogP contribution in [0.25, 0.3) is 0 Å². The van der Waals surface area contributed by atoms with Crippen LogP contribution >= 0.6 is 11.6 Å². The third-order valence-corrected chi connectivity index (χ3v) is 3.22. The monoisotopic (exact) mass is 312 g/mol. The van der Waals surface area contributed by atoms with Crippen molar-refractivity contribution in [3.63, 3.8) is 0 Å². The van der Waals surface area contributed by atoms with Crippen molar-refractivity contribution in [1.29, 1.82) is 0 Å². The third kappa shape index (κ3) is 8.05. The molecule has 1 aromatic rings. The minimum Gasteiger partial charge on any atom is -0.394 e. The van der Waals surface area contributed by atoms with Crippen LogP contribution in [-0.4, -0.2) is 32.1 Å². The van der Waals surface area contributed by atoms with Crippen LogP contribution in [0.15, 0.2) is 29.4 Å². The predicted molar refractivity (Wildman–Crippen MR) is 88.0 cm³/mol. The minimum atomic E-state index is 0.432. The van der Waals surface area contributed by atoms with Crippen molar-refractivity contribution >= 4 is 17.3 Å². The Morgan fingerprint density at radius 1 is 1.14 bits per heavy atom. The molecule has 21 heavy (non-hydrogen) atoms. The largest absolute Gasteiger partial charge is 0.394 e. The van der Waals surface area contributed by atoms with E-state index in [1.807, 2.05) is 31.2 Å². The molecule has 118 valence electrons. The van der Waals surface area contributed by atoms with E-state index in [0.717, 1.165) is 55.2 Å². The molecular formula is C16H25ClN2O2. The molecule has 0 saturated heterocycles. The summed E-state index contributed by atoms with van der Waals surface area (Å²) in [4.78, 5) is 5.23. The Hall–Kier alpha value is -1.10. The van der Waals surface area contributed by atoms with Crippen LogP contribution < -0.4 is 5.73 Å². The number of benzene rings is 1. The lowest BCUT2D eigenvalue weighted by molar-refractivity contribution is 0.143. The van der Waals surface area contributed by atoms with Crippen LogP contribution in [0.5, 0.6) is 0 Å². The molecular weight excluding hydrogens is 288 g/mol. The Bertz CT molecular complexity index is 407. The Balaban J connectivity index is 2.49. The number of nitrogens with zero attached hydrogens (tertiary/aromatic N) is 1. The predicted octanol–water partition coefficient (Wildman–Crippen LogP) is 3.62. The maximum absolute atomic E-state index is 5.92. The normalized spacial score (nSPS) is 11.7. The van der Waals surface area contributed by atoms with Crippen molar-refractivity contribution in [2.75, 3.05) is 26.4 Å². The Kier molecular flexibility index (Phi) is 9.87. The van der Waals surface area contributed by atoms with Gasteiger partial charge in [0.1, 0.15) is 6.61 Å². The van der Waals surface area contributed by atoms with Crippen LogP contribution in [0.1, 0.15) is 38.2 Å². The summed E-state index contributed by atoms with van der Waals surface area (Å²) in [5.41, 5.74) is 7.40. The van der Waals surface area contributed by atoms with E-state index >= 15 is 0 Å². The van der Waals surface area contributed by atoms with Crippen molar-refractivity contribution in [2.45, 2.75) is 32.6 Å². The number of unbranched alkanes of at least 4 members (excludes halogenated alkanes) is 2. The van der Waals surface area contributed by atoms with Gasteiger partial charge in [0.15, 0.2) is 0 Å². The Morgan fingerprint density at radius 2 is 1.90 bits per heavy atom. The van der Waals surface area contributed by atoms with Crippen molar-refractivity contribution in [2.24, 2.45) is 10.9 Å². The molecule has 0 fully saturated rings. The molecule has 5 heteroatoms. The highest BCUT2D eigenvalue weighted by molar-refractivity contribution is 6.30. The number of ether oxygens (including phenoxy) is 1. The van der Waals surface area contributed by atoms with Gasteiger partial charge in [-0.15, -0.1) is 0 Å². The van der Waals surface area contributed by atoms with Crippen LogP contribution in [0.4, 0.5) is 0 Å². The number of halogens is 1. The fourth-order valence-corrected chi connectivity index (χ4v) is 2.00. The van der Waals surface area contributed by atoms with E-state index in [1.165, 1.54) is 0 Å². The van der Waals surface area contributed by atoms with Crippen molar-refractivity contribution in [3.05, 3.63) is 34.9 Å². The Labute approximate surface area is 132 Å². The first-order valence-electron chi connectivity index (χ1n) is 7.50. The van der Waals surface area contributed by atoms with Gasteiger partial charge >= 0.3 is 0 Å². The maximum atomic E-state index is 5.92. The zero-order valence-corrected chi connectivity index (χ0v) is 13.4.